The predicted octanol–water partition coefficient (Wildman–Crippen LogP) is 3.42. The molecule has 1 aliphatic heterocycles. The van der Waals surface area contributed by atoms with Gasteiger partial charge in [-0.15, -0.1) is 11.3 Å². The second kappa shape index (κ2) is 13.8. The lowest BCUT2D eigenvalue weighted by Gasteiger charge is -2.36. The van der Waals surface area contributed by atoms with Gasteiger partial charge in [0.2, 0.25) is 5.91 Å². The van der Waals surface area contributed by atoms with Gasteiger partial charge < -0.3 is 43.6 Å². The Balaban J connectivity index is 0.00000387. The molecular weight excluding hydrogens is 649 g/mol. The number of quaternary nitrogens is 1. The molecule has 0 atom stereocenters. The molecule has 3 N–H and O–H groups in total. The number of amides is 2. The van der Waals surface area contributed by atoms with E-state index in [1.54, 1.807) is 11.3 Å². The molecule has 1 aromatic heterocycles. The Morgan fingerprint density at radius 2 is 1.73 bits per heavy atom. The molecule has 7 nitrogen and oxygen atoms in total. The minimum Gasteiger partial charge on any atom is -1.00 e. The number of aliphatic hydroxyl groups is 1. The molecule has 3 aromatic carbocycles. The molecule has 0 aliphatic carbocycles. The minimum atomic E-state index is -0.447. The number of aryl methyl sites for hydroxylation is 1. The van der Waals surface area contributed by atoms with Crippen molar-refractivity contribution in [1.82, 2.24) is 0 Å². The highest BCUT2D eigenvalue weighted by molar-refractivity contribution is 7.19. The fraction of sp³-hybridized carbons (Fsp3) is 0.312. The number of likely N-dealkylation sites (tertiary alicyclic amines) is 1. The highest BCUT2D eigenvalue weighted by atomic mass is 127. The SMILES string of the molecule is C[N+]1(C)CCC(OC(=O)Nc2cc(CCC(=O)Nc3ccc4sc(CO)cc4c3)ccc2-c2ccccc2)CC1.[I-]. The summed E-state index contributed by atoms with van der Waals surface area (Å²) in [7, 11) is 4.40. The molecule has 216 valence electrons. The van der Waals surface area contributed by atoms with Crippen LogP contribution in [0, 0.1) is 0 Å². The zero-order valence-electron chi connectivity index (χ0n) is 23.4. The summed E-state index contributed by atoms with van der Waals surface area (Å²) in [4.78, 5) is 26.6. The van der Waals surface area contributed by atoms with Crippen molar-refractivity contribution in [3.05, 3.63) is 83.2 Å². The second-order valence-electron chi connectivity index (χ2n) is 11.0. The molecule has 0 spiro atoms. The van der Waals surface area contributed by atoms with Crippen LogP contribution in [0.4, 0.5) is 16.2 Å². The first-order valence-corrected chi connectivity index (χ1v) is 14.5. The van der Waals surface area contributed by atoms with Gasteiger partial charge in [0, 0.05) is 40.1 Å². The molecule has 0 unspecified atom stereocenters. The maximum Gasteiger partial charge on any atom is 0.411 e. The molecule has 4 aromatic rings. The molecule has 1 fully saturated rings. The maximum atomic E-state index is 12.9. The number of rotatable bonds is 8. The normalized spacial score (nSPS) is 14.7. The van der Waals surface area contributed by atoms with Gasteiger partial charge in [-0.05, 0) is 53.3 Å². The van der Waals surface area contributed by atoms with Crippen LogP contribution in [0.1, 0.15) is 29.7 Å². The van der Waals surface area contributed by atoms with Crippen LogP contribution < -0.4 is 34.6 Å². The van der Waals surface area contributed by atoms with E-state index in [9.17, 15) is 14.7 Å². The van der Waals surface area contributed by atoms with E-state index >= 15 is 0 Å². The van der Waals surface area contributed by atoms with Crippen LogP contribution in [-0.2, 0) is 22.6 Å². The Bertz CT molecular complexity index is 1500. The van der Waals surface area contributed by atoms with Gasteiger partial charge in [-0.3, -0.25) is 10.1 Å². The lowest BCUT2D eigenvalue weighted by Crippen LogP contribution is -3.00. The number of benzene rings is 3. The highest BCUT2D eigenvalue weighted by Crippen LogP contribution is 2.31. The number of anilines is 2. The molecule has 2 heterocycles. The van der Waals surface area contributed by atoms with E-state index in [-0.39, 0.29) is 42.6 Å². The molecule has 0 saturated carbocycles. The summed E-state index contributed by atoms with van der Waals surface area (Å²) < 4.78 is 7.81. The number of hydrogen-bond donors (Lipinski definition) is 3. The van der Waals surface area contributed by atoms with Crippen LogP contribution in [0.25, 0.3) is 21.2 Å². The van der Waals surface area contributed by atoms with E-state index in [2.05, 4.69) is 24.7 Å². The molecule has 0 radical (unpaired) electrons. The van der Waals surface area contributed by atoms with Crippen LogP contribution in [-0.4, -0.2) is 54.9 Å². The number of aliphatic hydroxyl groups excluding tert-OH is 1. The largest absolute Gasteiger partial charge is 1.00 e. The average molecular weight is 686 g/mol. The van der Waals surface area contributed by atoms with Gasteiger partial charge in [-0.1, -0.05) is 42.5 Å². The molecule has 0 bridgehead atoms. The number of ether oxygens (including phenoxy) is 1. The lowest BCUT2D eigenvalue weighted by molar-refractivity contribution is -0.896. The van der Waals surface area contributed by atoms with E-state index in [1.165, 1.54) is 0 Å². The Morgan fingerprint density at radius 1 is 0.976 bits per heavy atom. The summed E-state index contributed by atoms with van der Waals surface area (Å²) in [5.74, 6) is -0.0864. The molecule has 1 saturated heterocycles. The molecular formula is C32H36IN3O4S. The minimum absolute atomic E-state index is 0. The monoisotopic (exact) mass is 685 g/mol. The molecule has 2 amide bonds. The Labute approximate surface area is 262 Å². The average Bonchev–Trinajstić information content (AvgIpc) is 3.36. The van der Waals surface area contributed by atoms with E-state index in [1.807, 2.05) is 72.8 Å². The summed E-state index contributed by atoms with van der Waals surface area (Å²) in [5, 5.41) is 16.3. The van der Waals surface area contributed by atoms with E-state index in [4.69, 9.17) is 4.74 Å². The van der Waals surface area contributed by atoms with Crippen molar-refractivity contribution in [2.75, 3.05) is 37.8 Å². The van der Waals surface area contributed by atoms with Crippen LogP contribution in [0.3, 0.4) is 0 Å². The molecule has 1 aliphatic rings. The van der Waals surface area contributed by atoms with Crippen LogP contribution in [0.2, 0.25) is 0 Å². The van der Waals surface area contributed by atoms with Gasteiger partial charge in [0.15, 0.2) is 0 Å². The molecule has 9 heteroatoms. The second-order valence-corrected chi connectivity index (χ2v) is 12.2. The zero-order valence-corrected chi connectivity index (χ0v) is 26.3. The van der Waals surface area contributed by atoms with Crippen molar-refractivity contribution in [2.45, 2.75) is 38.4 Å². The van der Waals surface area contributed by atoms with Crippen molar-refractivity contribution in [1.29, 1.82) is 0 Å². The smallest absolute Gasteiger partial charge is 0.411 e. The molecule has 5 rings (SSSR count). The summed E-state index contributed by atoms with van der Waals surface area (Å²) >= 11 is 1.54. The van der Waals surface area contributed by atoms with E-state index in [0.29, 0.717) is 18.5 Å². The van der Waals surface area contributed by atoms with Crippen LogP contribution in [0.5, 0.6) is 0 Å². The number of carbonyl (C=O) groups is 2. The number of carbonyl (C=O) groups excluding carboxylic acids is 2. The van der Waals surface area contributed by atoms with Gasteiger partial charge in [-0.25, -0.2) is 4.79 Å². The third-order valence-electron chi connectivity index (χ3n) is 7.44. The highest BCUT2D eigenvalue weighted by Gasteiger charge is 2.28. The first-order chi connectivity index (χ1) is 19.3. The van der Waals surface area contributed by atoms with Crippen molar-refractivity contribution in [2.24, 2.45) is 0 Å². The number of thiophene rings is 1. The zero-order chi connectivity index (χ0) is 28.1. The number of halogens is 1. The fourth-order valence-electron chi connectivity index (χ4n) is 5.11. The predicted molar refractivity (Wildman–Crippen MR) is 162 cm³/mol. The standard InChI is InChI=1S/C32H35N3O4S.HI/c1-35(2)16-14-26(15-17-35)39-32(38)34-29-18-22(8-11-28(29)23-6-4-3-5-7-23)9-13-31(37)33-25-10-12-30-24(19-25)20-27(21-36)40-30;/h3-8,10-12,18-20,26,36H,9,13-17,21H2,1-2H3,(H-,33,34,37,38);1H. The summed E-state index contributed by atoms with van der Waals surface area (Å²) in [6.45, 7) is 1.97. The lowest BCUT2D eigenvalue weighted by atomic mass is 9.99. The van der Waals surface area contributed by atoms with Crippen molar-refractivity contribution in [3.63, 3.8) is 0 Å². The van der Waals surface area contributed by atoms with E-state index in [0.717, 1.165) is 67.8 Å². The topological polar surface area (TPSA) is 87.7 Å². The quantitative estimate of drug-likeness (QED) is 0.196. The van der Waals surface area contributed by atoms with Gasteiger partial charge in [0.25, 0.3) is 0 Å². The first kappa shape index (κ1) is 31.0. The Kier molecular flexibility index (Phi) is 10.4. The van der Waals surface area contributed by atoms with Gasteiger partial charge in [-0.2, -0.15) is 0 Å². The number of fused-ring (bicyclic) bond motifs is 1. The van der Waals surface area contributed by atoms with Crippen molar-refractivity contribution >= 4 is 44.8 Å². The third-order valence-corrected chi connectivity index (χ3v) is 8.54. The molecule has 41 heavy (non-hydrogen) atoms. The van der Waals surface area contributed by atoms with Crippen molar-refractivity contribution < 1.29 is 47.9 Å². The van der Waals surface area contributed by atoms with Crippen LogP contribution >= 0.6 is 11.3 Å². The first-order valence-electron chi connectivity index (χ1n) is 13.7. The van der Waals surface area contributed by atoms with E-state index < -0.39 is 6.09 Å². The summed E-state index contributed by atoms with van der Waals surface area (Å²) in [6.07, 6.45) is 2.00. The Hall–Kier alpha value is -2.99. The third kappa shape index (κ3) is 8.28. The fourth-order valence-corrected chi connectivity index (χ4v) is 6.01. The number of nitrogens with zero attached hydrogens (tertiary/aromatic N) is 1. The summed E-state index contributed by atoms with van der Waals surface area (Å²) in [5.41, 5.74) is 4.24. The number of hydrogen-bond acceptors (Lipinski definition) is 5. The number of nitrogens with one attached hydrogen (secondary N) is 2. The van der Waals surface area contributed by atoms with Gasteiger partial charge in [0.05, 0.1) is 39.5 Å². The van der Waals surface area contributed by atoms with Crippen molar-refractivity contribution in [3.8, 4) is 11.1 Å². The maximum absolute atomic E-state index is 12.9. The number of piperidine rings is 1. The van der Waals surface area contributed by atoms with Gasteiger partial charge >= 0.3 is 6.09 Å². The Morgan fingerprint density at radius 3 is 2.46 bits per heavy atom. The van der Waals surface area contributed by atoms with Gasteiger partial charge in [0.1, 0.15) is 6.10 Å². The summed E-state index contributed by atoms with van der Waals surface area (Å²) in [6, 6.07) is 23.5. The van der Waals surface area contributed by atoms with Crippen LogP contribution in [0.15, 0.2) is 72.8 Å².